The summed E-state index contributed by atoms with van der Waals surface area (Å²) in [4.78, 5) is 11.5. The standard InChI is InChI=1S/C21H24O7/c1-27-17(23)9-12-4-2-5-13(8-12)14-6-3-7-15(10-14)21-20(26)19(25)18(24)16(11-22)28-21/h2-8,10,16,18-22,24-26H,9,11H2,1H3. The van der Waals surface area contributed by atoms with Crippen LogP contribution in [0.1, 0.15) is 17.2 Å². The lowest BCUT2D eigenvalue weighted by Gasteiger charge is -2.40. The van der Waals surface area contributed by atoms with Crippen molar-refractivity contribution in [3.05, 3.63) is 59.7 Å². The average molecular weight is 388 g/mol. The van der Waals surface area contributed by atoms with Gasteiger partial charge in [0, 0.05) is 0 Å². The lowest BCUT2D eigenvalue weighted by atomic mass is 9.90. The highest BCUT2D eigenvalue weighted by Gasteiger charge is 2.43. The summed E-state index contributed by atoms with van der Waals surface area (Å²) in [5, 5.41) is 39.7. The van der Waals surface area contributed by atoms with Crippen molar-refractivity contribution in [1.29, 1.82) is 0 Å². The second-order valence-electron chi connectivity index (χ2n) is 6.83. The Hall–Kier alpha value is -2.29. The topological polar surface area (TPSA) is 116 Å². The highest BCUT2D eigenvalue weighted by molar-refractivity contribution is 5.74. The van der Waals surface area contributed by atoms with Crippen molar-refractivity contribution in [3.8, 4) is 11.1 Å². The molecule has 0 spiro atoms. The monoisotopic (exact) mass is 388 g/mol. The Balaban J connectivity index is 1.88. The van der Waals surface area contributed by atoms with Crippen LogP contribution >= 0.6 is 0 Å². The Morgan fingerprint density at radius 1 is 1.00 bits per heavy atom. The fraction of sp³-hybridized carbons (Fsp3) is 0.381. The fourth-order valence-electron chi connectivity index (χ4n) is 3.37. The molecule has 2 aromatic carbocycles. The third-order valence-electron chi connectivity index (χ3n) is 4.94. The van der Waals surface area contributed by atoms with Crippen LogP contribution in [0.2, 0.25) is 0 Å². The van der Waals surface area contributed by atoms with Crippen LogP contribution in [0.25, 0.3) is 11.1 Å². The third kappa shape index (κ3) is 4.24. The Bertz CT molecular complexity index is 820. The summed E-state index contributed by atoms with van der Waals surface area (Å²) >= 11 is 0. The molecule has 1 saturated heterocycles. The van der Waals surface area contributed by atoms with Gasteiger partial charge in [-0.25, -0.2) is 0 Å². The van der Waals surface area contributed by atoms with Crippen molar-refractivity contribution in [3.63, 3.8) is 0 Å². The summed E-state index contributed by atoms with van der Waals surface area (Å²) in [6.07, 6.45) is -5.85. The Labute approximate surface area is 162 Å². The van der Waals surface area contributed by atoms with Gasteiger partial charge in [0.25, 0.3) is 0 Å². The predicted octanol–water partition coefficient (Wildman–Crippen LogP) is 0.584. The Morgan fingerprint density at radius 3 is 2.36 bits per heavy atom. The first-order valence-electron chi connectivity index (χ1n) is 9.01. The molecule has 1 aliphatic rings. The quantitative estimate of drug-likeness (QED) is 0.554. The molecule has 0 bridgehead atoms. The van der Waals surface area contributed by atoms with E-state index in [9.17, 15) is 25.2 Å². The van der Waals surface area contributed by atoms with Gasteiger partial charge in [-0.3, -0.25) is 4.79 Å². The summed E-state index contributed by atoms with van der Waals surface area (Å²) < 4.78 is 10.3. The van der Waals surface area contributed by atoms with E-state index in [4.69, 9.17) is 9.47 Å². The Kier molecular flexibility index (Phi) is 6.43. The molecule has 4 N–H and O–H groups in total. The number of aliphatic hydroxyl groups excluding tert-OH is 4. The number of rotatable bonds is 5. The molecule has 0 aromatic heterocycles. The molecule has 1 fully saturated rings. The minimum atomic E-state index is -1.43. The first-order chi connectivity index (χ1) is 13.4. The van der Waals surface area contributed by atoms with Crippen LogP contribution < -0.4 is 0 Å². The minimum absolute atomic E-state index is 0.163. The Morgan fingerprint density at radius 2 is 1.68 bits per heavy atom. The van der Waals surface area contributed by atoms with Crippen LogP contribution in [0, 0.1) is 0 Å². The lowest BCUT2D eigenvalue weighted by molar-refractivity contribution is -0.231. The van der Waals surface area contributed by atoms with Crippen LogP contribution in [-0.2, 0) is 20.7 Å². The van der Waals surface area contributed by atoms with Crippen molar-refractivity contribution < 1.29 is 34.7 Å². The van der Waals surface area contributed by atoms with Gasteiger partial charge in [0.05, 0.1) is 20.1 Å². The number of ether oxygens (including phenoxy) is 2. The van der Waals surface area contributed by atoms with E-state index in [1.165, 1.54) is 7.11 Å². The number of carbonyl (C=O) groups is 1. The van der Waals surface area contributed by atoms with Crippen LogP contribution in [0.15, 0.2) is 48.5 Å². The summed E-state index contributed by atoms with van der Waals surface area (Å²) in [6.45, 7) is -0.475. The smallest absolute Gasteiger partial charge is 0.309 e. The molecule has 7 nitrogen and oxygen atoms in total. The normalized spacial score (nSPS) is 27.4. The van der Waals surface area contributed by atoms with E-state index in [1.54, 1.807) is 12.1 Å². The van der Waals surface area contributed by atoms with Crippen LogP contribution in [-0.4, -0.2) is 64.5 Å². The van der Waals surface area contributed by atoms with E-state index in [0.29, 0.717) is 5.56 Å². The molecule has 5 atom stereocenters. The first kappa shape index (κ1) is 20.4. The van der Waals surface area contributed by atoms with Crippen molar-refractivity contribution >= 4 is 5.97 Å². The first-order valence-corrected chi connectivity index (χ1v) is 9.01. The number of carbonyl (C=O) groups excluding carboxylic acids is 1. The summed E-state index contributed by atoms with van der Waals surface area (Å²) in [5.41, 5.74) is 3.12. The molecule has 5 unspecified atom stereocenters. The van der Waals surface area contributed by atoms with Crippen LogP contribution in [0.5, 0.6) is 0 Å². The molecule has 0 saturated carbocycles. The zero-order valence-electron chi connectivity index (χ0n) is 15.4. The van der Waals surface area contributed by atoms with Gasteiger partial charge in [-0.15, -0.1) is 0 Å². The molecule has 3 rings (SSSR count). The van der Waals surface area contributed by atoms with Crippen molar-refractivity contribution in [2.45, 2.75) is 36.9 Å². The van der Waals surface area contributed by atoms with Gasteiger partial charge in [0.2, 0.25) is 0 Å². The van der Waals surface area contributed by atoms with Gasteiger partial charge in [-0.2, -0.15) is 0 Å². The van der Waals surface area contributed by atoms with Crippen molar-refractivity contribution in [2.24, 2.45) is 0 Å². The predicted molar refractivity (Wildman–Crippen MR) is 100 cm³/mol. The maximum Gasteiger partial charge on any atom is 0.309 e. The number of benzene rings is 2. The van der Waals surface area contributed by atoms with Gasteiger partial charge in [-0.1, -0.05) is 42.5 Å². The molecule has 0 aliphatic carbocycles. The average Bonchev–Trinajstić information content (AvgIpc) is 2.72. The maximum absolute atomic E-state index is 11.5. The summed E-state index contributed by atoms with van der Waals surface area (Å²) in [6, 6.07) is 14.7. The molecule has 1 aliphatic heterocycles. The van der Waals surface area contributed by atoms with E-state index in [1.807, 2.05) is 36.4 Å². The van der Waals surface area contributed by atoms with E-state index in [0.717, 1.165) is 16.7 Å². The van der Waals surface area contributed by atoms with Gasteiger partial charge < -0.3 is 29.9 Å². The second-order valence-corrected chi connectivity index (χ2v) is 6.83. The van der Waals surface area contributed by atoms with Crippen molar-refractivity contribution in [2.75, 3.05) is 13.7 Å². The SMILES string of the molecule is COC(=O)Cc1cccc(-c2cccc(C3OC(CO)C(O)C(O)C3O)c2)c1. The number of methoxy groups -OCH3 is 1. The molecule has 0 radical (unpaired) electrons. The molecule has 1 heterocycles. The number of aliphatic hydroxyl groups is 4. The van der Waals surface area contributed by atoms with Gasteiger partial charge >= 0.3 is 5.97 Å². The maximum atomic E-state index is 11.5. The van der Waals surface area contributed by atoms with E-state index >= 15 is 0 Å². The van der Waals surface area contributed by atoms with Gasteiger partial charge in [0.15, 0.2) is 0 Å². The van der Waals surface area contributed by atoms with Crippen molar-refractivity contribution in [1.82, 2.24) is 0 Å². The summed E-state index contributed by atoms with van der Waals surface area (Å²) in [7, 11) is 1.34. The van der Waals surface area contributed by atoms with E-state index in [-0.39, 0.29) is 12.4 Å². The van der Waals surface area contributed by atoms with Gasteiger partial charge in [-0.05, 0) is 28.3 Å². The van der Waals surface area contributed by atoms with Gasteiger partial charge in [0.1, 0.15) is 30.5 Å². The number of hydrogen-bond acceptors (Lipinski definition) is 7. The zero-order chi connectivity index (χ0) is 20.3. The van der Waals surface area contributed by atoms with E-state index in [2.05, 4.69) is 0 Å². The molecular formula is C21H24O7. The molecular weight excluding hydrogens is 364 g/mol. The van der Waals surface area contributed by atoms with E-state index < -0.39 is 37.1 Å². The second kappa shape index (κ2) is 8.81. The largest absolute Gasteiger partial charge is 0.469 e. The summed E-state index contributed by atoms with van der Waals surface area (Å²) in [5.74, 6) is -0.327. The fourth-order valence-corrected chi connectivity index (χ4v) is 3.37. The molecule has 7 heteroatoms. The molecule has 0 amide bonds. The zero-order valence-corrected chi connectivity index (χ0v) is 15.4. The molecule has 150 valence electrons. The molecule has 2 aromatic rings. The third-order valence-corrected chi connectivity index (χ3v) is 4.94. The minimum Gasteiger partial charge on any atom is -0.469 e. The molecule has 28 heavy (non-hydrogen) atoms. The van der Waals surface area contributed by atoms with Crippen LogP contribution in [0.3, 0.4) is 0 Å². The highest BCUT2D eigenvalue weighted by atomic mass is 16.5. The number of hydrogen-bond donors (Lipinski definition) is 4. The van der Waals surface area contributed by atoms with Crippen LogP contribution in [0.4, 0.5) is 0 Å². The number of esters is 1. The highest BCUT2D eigenvalue weighted by Crippen LogP contribution is 2.34. The lowest BCUT2D eigenvalue weighted by Crippen LogP contribution is -2.55.